The third kappa shape index (κ3) is 2.03. The summed E-state index contributed by atoms with van der Waals surface area (Å²) in [5.41, 5.74) is 0.623. The van der Waals surface area contributed by atoms with Gasteiger partial charge < -0.3 is 13.9 Å². The zero-order valence-corrected chi connectivity index (χ0v) is 9.43. The Balaban J connectivity index is 1.95. The number of rotatable bonds is 4. The van der Waals surface area contributed by atoms with E-state index in [9.17, 15) is 4.79 Å². The molecule has 3 rings (SSSR count). The van der Waals surface area contributed by atoms with Gasteiger partial charge in [-0.3, -0.25) is 4.79 Å². The number of fused-ring (bicyclic) bond motifs is 1. The normalized spacial score (nSPS) is 18.3. The number of hydrogen-bond acceptors (Lipinski definition) is 4. The van der Waals surface area contributed by atoms with Gasteiger partial charge in [-0.25, -0.2) is 0 Å². The molecule has 2 aromatic rings. The van der Waals surface area contributed by atoms with Crippen LogP contribution in [0.1, 0.15) is 17.5 Å². The zero-order valence-electron chi connectivity index (χ0n) is 9.43. The maximum Gasteiger partial charge on any atom is 0.194 e. The van der Waals surface area contributed by atoms with Crippen molar-refractivity contribution in [2.75, 3.05) is 13.2 Å². The van der Waals surface area contributed by atoms with E-state index < -0.39 is 0 Å². The molecule has 0 bridgehead atoms. The molecule has 88 valence electrons. The Morgan fingerprint density at radius 2 is 2.35 bits per heavy atom. The minimum Gasteiger partial charge on any atom is -0.487 e. The predicted octanol–water partition coefficient (Wildman–Crippen LogP) is 2.41. The second-order valence-corrected chi connectivity index (χ2v) is 4.11. The summed E-state index contributed by atoms with van der Waals surface area (Å²) < 4.78 is 16.2. The Labute approximate surface area is 98.1 Å². The Morgan fingerprint density at radius 3 is 3.06 bits per heavy atom. The van der Waals surface area contributed by atoms with E-state index in [1.165, 1.54) is 6.92 Å². The lowest BCUT2D eigenvalue weighted by Crippen LogP contribution is -2.03. The Kier molecular flexibility index (Phi) is 2.37. The molecular formula is C13H12O4. The van der Waals surface area contributed by atoms with Crippen molar-refractivity contribution in [3.8, 4) is 5.75 Å². The number of furan rings is 1. The number of carbonyl (C=O) groups is 1. The first-order chi connectivity index (χ1) is 8.24. The fourth-order valence-electron chi connectivity index (χ4n) is 1.67. The van der Waals surface area contributed by atoms with Gasteiger partial charge in [-0.05, 0) is 12.1 Å². The van der Waals surface area contributed by atoms with Gasteiger partial charge in [-0.2, -0.15) is 0 Å². The van der Waals surface area contributed by atoms with Crippen molar-refractivity contribution in [1.29, 1.82) is 0 Å². The van der Waals surface area contributed by atoms with Crippen LogP contribution in [0.5, 0.6) is 5.75 Å². The minimum atomic E-state index is -0.0855. The summed E-state index contributed by atoms with van der Waals surface area (Å²) in [5, 5.41) is 0.879. The highest BCUT2D eigenvalue weighted by atomic mass is 16.6. The number of carbonyl (C=O) groups excluding carboxylic acids is 1. The number of ketones is 1. The van der Waals surface area contributed by atoms with Gasteiger partial charge in [0.15, 0.2) is 22.9 Å². The van der Waals surface area contributed by atoms with Crippen LogP contribution in [0.25, 0.3) is 11.0 Å². The molecule has 1 aliphatic rings. The number of benzene rings is 1. The van der Waals surface area contributed by atoms with Crippen molar-refractivity contribution < 1.29 is 18.7 Å². The summed E-state index contributed by atoms with van der Waals surface area (Å²) in [6, 6.07) is 7.34. The average Bonchev–Trinajstić information content (AvgIpc) is 3.02. The number of ether oxygens (including phenoxy) is 2. The van der Waals surface area contributed by atoms with Crippen LogP contribution in [-0.2, 0) is 4.74 Å². The number of para-hydroxylation sites is 1. The van der Waals surface area contributed by atoms with Gasteiger partial charge in [0.05, 0.1) is 6.61 Å². The molecule has 1 aromatic carbocycles. The van der Waals surface area contributed by atoms with Crippen LogP contribution in [-0.4, -0.2) is 25.1 Å². The molecule has 17 heavy (non-hydrogen) atoms. The molecule has 4 nitrogen and oxygen atoms in total. The molecule has 2 heterocycles. The summed E-state index contributed by atoms with van der Waals surface area (Å²) in [4.78, 5) is 11.2. The first kappa shape index (κ1) is 10.4. The van der Waals surface area contributed by atoms with Crippen molar-refractivity contribution in [2.24, 2.45) is 0 Å². The lowest BCUT2D eigenvalue weighted by Gasteiger charge is -2.03. The third-order valence-corrected chi connectivity index (χ3v) is 2.68. The summed E-state index contributed by atoms with van der Waals surface area (Å²) >= 11 is 0. The highest BCUT2D eigenvalue weighted by molar-refractivity contribution is 5.97. The number of Topliss-reactive ketones (excluding diaryl/α,β-unsaturated/α-hetero) is 1. The molecule has 0 unspecified atom stereocenters. The summed E-state index contributed by atoms with van der Waals surface area (Å²) in [6.07, 6.45) is 0.201. The first-order valence-corrected chi connectivity index (χ1v) is 5.52. The second kappa shape index (κ2) is 3.89. The van der Waals surface area contributed by atoms with Crippen molar-refractivity contribution in [3.63, 3.8) is 0 Å². The Bertz CT molecular complexity index is 566. The highest BCUT2D eigenvalue weighted by Gasteiger charge is 2.23. The van der Waals surface area contributed by atoms with Gasteiger partial charge in [0.2, 0.25) is 0 Å². The molecule has 1 atom stereocenters. The van der Waals surface area contributed by atoms with Crippen LogP contribution < -0.4 is 4.74 Å². The Morgan fingerprint density at radius 1 is 1.53 bits per heavy atom. The minimum absolute atomic E-state index is 0.0855. The molecule has 1 aromatic heterocycles. The van der Waals surface area contributed by atoms with E-state index >= 15 is 0 Å². The highest BCUT2D eigenvalue weighted by Crippen LogP contribution is 2.29. The number of epoxide rings is 1. The van der Waals surface area contributed by atoms with Crippen LogP contribution in [0.3, 0.4) is 0 Å². The van der Waals surface area contributed by atoms with Crippen LogP contribution in [0.4, 0.5) is 0 Å². The van der Waals surface area contributed by atoms with Crippen molar-refractivity contribution in [2.45, 2.75) is 13.0 Å². The zero-order chi connectivity index (χ0) is 11.8. The molecule has 0 radical (unpaired) electrons. The van der Waals surface area contributed by atoms with Crippen LogP contribution >= 0.6 is 0 Å². The maximum absolute atomic E-state index is 11.2. The van der Waals surface area contributed by atoms with Gasteiger partial charge in [0.1, 0.15) is 12.7 Å². The monoisotopic (exact) mass is 232 g/mol. The molecule has 0 saturated carbocycles. The summed E-state index contributed by atoms with van der Waals surface area (Å²) in [6.45, 7) is 2.76. The number of hydrogen-bond donors (Lipinski definition) is 0. The van der Waals surface area contributed by atoms with Gasteiger partial charge in [-0.1, -0.05) is 12.1 Å². The standard InChI is InChI=1S/C13H12O4/c1-8(14)12-5-9-3-2-4-11(13(9)17-12)16-7-10-6-15-10/h2-5,10H,6-7H2,1H3/t10-/m0/s1. The lowest BCUT2D eigenvalue weighted by atomic mass is 10.2. The molecule has 1 saturated heterocycles. The van der Waals surface area contributed by atoms with E-state index in [2.05, 4.69) is 0 Å². The van der Waals surface area contributed by atoms with Crippen molar-refractivity contribution in [1.82, 2.24) is 0 Å². The van der Waals surface area contributed by atoms with Crippen molar-refractivity contribution >= 4 is 16.8 Å². The quantitative estimate of drug-likeness (QED) is 0.600. The van der Waals surface area contributed by atoms with Gasteiger partial charge in [0, 0.05) is 12.3 Å². The van der Waals surface area contributed by atoms with Gasteiger partial charge in [0.25, 0.3) is 0 Å². The van der Waals surface area contributed by atoms with Crippen LogP contribution in [0.15, 0.2) is 28.7 Å². The van der Waals surface area contributed by atoms with Gasteiger partial charge in [-0.15, -0.1) is 0 Å². The van der Waals surface area contributed by atoms with E-state index in [0.717, 1.165) is 12.0 Å². The van der Waals surface area contributed by atoms with Crippen molar-refractivity contribution in [3.05, 3.63) is 30.0 Å². The van der Waals surface area contributed by atoms with Gasteiger partial charge >= 0.3 is 0 Å². The molecule has 0 spiro atoms. The molecule has 0 amide bonds. The third-order valence-electron chi connectivity index (χ3n) is 2.68. The van der Waals surface area contributed by atoms with Crippen LogP contribution in [0.2, 0.25) is 0 Å². The first-order valence-electron chi connectivity index (χ1n) is 5.52. The fraction of sp³-hybridized carbons (Fsp3) is 0.308. The van der Waals surface area contributed by atoms with E-state index in [1.807, 2.05) is 18.2 Å². The second-order valence-electron chi connectivity index (χ2n) is 4.11. The van der Waals surface area contributed by atoms with Crippen LogP contribution in [0, 0.1) is 0 Å². The van der Waals surface area contributed by atoms with E-state index in [-0.39, 0.29) is 11.9 Å². The largest absolute Gasteiger partial charge is 0.487 e. The molecule has 0 N–H and O–H groups in total. The van der Waals surface area contributed by atoms with E-state index in [1.54, 1.807) is 6.07 Å². The Hall–Kier alpha value is -1.81. The maximum atomic E-state index is 11.2. The molecule has 0 aliphatic carbocycles. The average molecular weight is 232 g/mol. The smallest absolute Gasteiger partial charge is 0.194 e. The SMILES string of the molecule is CC(=O)c1cc2cccc(OC[C@@H]3CO3)c2o1. The molecule has 4 heteroatoms. The predicted molar refractivity (Wildman–Crippen MR) is 61.5 cm³/mol. The fourth-order valence-corrected chi connectivity index (χ4v) is 1.67. The summed E-state index contributed by atoms with van der Waals surface area (Å²) in [5.74, 6) is 0.932. The summed E-state index contributed by atoms with van der Waals surface area (Å²) in [7, 11) is 0. The molecular weight excluding hydrogens is 220 g/mol. The van der Waals surface area contributed by atoms with E-state index in [4.69, 9.17) is 13.9 Å². The van der Waals surface area contributed by atoms with E-state index in [0.29, 0.717) is 23.7 Å². The molecule has 1 fully saturated rings. The lowest BCUT2D eigenvalue weighted by molar-refractivity contribution is 0.0989. The topological polar surface area (TPSA) is 52.0 Å². The molecule has 1 aliphatic heterocycles.